The first kappa shape index (κ1) is 10.7. The molecule has 0 radical (unpaired) electrons. The molecule has 2 rings (SSSR count). The Morgan fingerprint density at radius 2 is 2.06 bits per heavy atom. The summed E-state index contributed by atoms with van der Waals surface area (Å²) in [7, 11) is 3.89. The number of rotatable bonds is 2. The van der Waals surface area contributed by atoms with E-state index >= 15 is 0 Å². The second-order valence-corrected chi connectivity index (χ2v) is 4.16. The van der Waals surface area contributed by atoms with Gasteiger partial charge in [-0.3, -0.25) is 14.9 Å². The molecule has 1 heterocycles. The number of benzene rings is 1. The lowest BCUT2D eigenvalue weighted by molar-refractivity contribution is -0.125. The molecule has 1 N–H and O–H groups in total. The average molecular weight is 218 g/mol. The Kier molecular flexibility index (Phi) is 2.64. The first-order chi connectivity index (χ1) is 7.58. The fraction of sp³-hybridized carbons (Fsp3) is 0.333. The van der Waals surface area contributed by atoms with Gasteiger partial charge in [-0.2, -0.15) is 0 Å². The molecule has 0 aliphatic carbocycles. The highest BCUT2D eigenvalue weighted by atomic mass is 16.2. The van der Waals surface area contributed by atoms with Gasteiger partial charge in [0, 0.05) is 26.2 Å². The number of carbonyl (C=O) groups excluding carboxylic acids is 2. The molecular formula is C12H14N2O2. The van der Waals surface area contributed by atoms with Crippen molar-refractivity contribution in [2.45, 2.75) is 12.3 Å². The predicted molar refractivity (Wildman–Crippen MR) is 61.3 cm³/mol. The summed E-state index contributed by atoms with van der Waals surface area (Å²) in [6, 6.07) is 7.71. The number of amides is 2. The monoisotopic (exact) mass is 218 g/mol. The molecule has 84 valence electrons. The molecule has 0 saturated carbocycles. The third kappa shape index (κ3) is 1.91. The quantitative estimate of drug-likeness (QED) is 0.750. The molecule has 0 bridgehead atoms. The summed E-state index contributed by atoms with van der Waals surface area (Å²) in [6.07, 6.45) is 0.260. The molecular weight excluding hydrogens is 204 g/mol. The Hall–Kier alpha value is -1.84. The zero-order valence-corrected chi connectivity index (χ0v) is 9.36. The second-order valence-electron chi connectivity index (χ2n) is 4.16. The third-order valence-corrected chi connectivity index (χ3v) is 2.76. The van der Waals surface area contributed by atoms with Crippen LogP contribution in [0.2, 0.25) is 0 Å². The lowest BCUT2D eigenvalue weighted by Crippen LogP contribution is -2.21. The molecule has 1 aliphatic heterocycles. The summed E-state index contributed by atoms with van der Waals surface area (Å²) >= 11 is 0. The predicted octanol–water partition coefficient (Wildman–Crippen LogP) is 0.883. The number of imide groups is 1. The van der Waals surface area contributed by atoms with E-state index in [1.807, 2.05) is 43.3 Å². The van der Waals surface area contributed by atoms with E-state index in [0.29, 0.717) is 0 Å². The summed E-state index contributed by atoms with van der Waals surface area (Å²) in [4.78, 5) is 24.6. The van der Waals surface area contributed by atoms with Crippen molar-refractivity contribution in [2.24, 2.45) is 0 Å². The van der Waals surface area contributed by atoms with Crippen LogP contribution < -0.4 is 10.2 Å². The van der Waals surface area contributed by atoms with E-state index in [1.54, 1.807) is 0 Å². The van der Waals surface area contributed by atoms with Gasteiger partial charge in [0.2, 0.25) is 11.8 Å². The smallest absolute Gasteiger partial charge is 0.234 e. The Labute approximate surface area is 94.2 Å². The summed E-state index contributed by atoms with van der Waals surface area (Å²) < 4.78 is 0. The van der Waals surface area contributed by atoms with E-state index in [2.05, 4.69) is 5.32 Å². The SMILES string of the molecule is CN(C)c1cccc(C2CC(=O)NC2=O)c1. The van der Waals surface area contributed by atoms with Crippen LogP contribution in [0.3, 0.4) is 0 Å². The fourth-order valence-corrected chi connectivity index (χ4v) is 1.84. The molecule has 1 aliphatic rings. The van der Waals surface area contributed by atoms with Gasteiger partial charge in [0.05, 0.1) is 5.92 Å². The van der Waals surface area contributed by atoms with Gasteiger partial charge in [0.25, 0.3) is 0 Å². The van der Waals surface area contributed by atoms with Crippen LogP contribution in [0.1, 0.15) is 17.9 Å². The molecule has 1 unspecified atom stereocenters. The van der Waals surface area contributed by atoms with Crippen molar-refractivity contribution >= 4 is 17.5 Å². The minimum atomic E-state index is -0.326. The maximum atomic E-state index is 11.5. The molecule has 1 fully saturated rings. The molecule has 4 nitrogen and oxygen atoms in total. The number of hydrogen-bond donors (Lipinski definition) is 1. The molecule has 1 aromatic carbocycles. The Bertz CT molecular complexity index is 440. The minimum Gasteiger partial charge on any atom is -0.378 e. The Balaban J connectivity index is 2.30. The Morgan fingerprint density at radius 3 is 2.62 bits per heavy atom. The molecule has 0 spiro atoms. The van der Waals surface area contributed by atoms with Crippen LogP contribution in [0.25, 0.3) is 0 Å². The van der Waals surface area contributed by atoms with E-state index in [9.17, 15) is 9.59 Å². The van der Waals surface area contributed by atoms with E-state index in [1.165, 1.54) is 0 Å². The maximum Gasteiger partial charge on any atom is 0.234 e. The summed E-state index contributed by atoms with van der Waals surface area (Å²) in [5, 5.41) is 2.32. The van der Waals surface area contributed by atoms with Gasteiger partial charge in [0.15, 0.2) is 0 Å². The Morgan fingerprint density at radius 1 is 1.31 bits per heavy atom. The normalized spacial score (nSPS) is 19.8. The van der Waals surface area contributed by atoms with E-state index in [0.717, 1.165) is 11.3 Å². The summed E-state index contributed by atoms with van der Waals surface area (Å²) in [5.41, 5.74) is 1.93. The van der Waals surface area contributed by atoms with Crippen molar-refractivity contribution in [3.63, 3.8) is 0 Å². The second kappa shape index (κ2) is 3.96. The lowest BCUT2D eigenvalue weighted by Gasteiger charge is -2.15. The highest BCUT2D eigenvalue weighted by molar-refractivity contribution is 6.06. The average Bonchev–Trinajstić information content (AvgIpc) is 2.58. The van der Waals surface area contributed by atoms with Crippen LogP contribution in [-0.4, -0.2) is 25.9 Å². The van der Waals surface area contributed by atoms with Gasteiger partial charge in [-0.25, -0.2) is 0 Å². The van der Waals surface area contributed by atoms with Crippen LogP contribution in [0.4, 0.5) is 5.69 Å². The minimum absolute atomic E-state index is 0.190. The highest BCUT2D eigenvalue weighted by Gasteiger charge is 2.31. The van der Waals surface area contributed by atoms with E-state index in [4.69, 9.17) is 0 Å². The molecule has 2 amide bonds. The van der Waals surface area contributed by atoms with Crippen molar-refractivity contribution in [3.05, 3.63) is 29.8 Å². The third-order valence-electron chi connectivity index (χ3n) is 2.76. The van der Waals surface area contributed by atoms with Gasteiger partial charge < -0.3 is 4.90 Å². The topological polar surface area (TPSA) is 49.4 Å². The zero-order valence-electron chi connectivity index (χ0n) is 9.36. The highest BCUT2D eigenvalue weighted by Crippen LogP contribution is 2.26. The van der Waals surface area contributed by atoms with Crippen molar-refractivity contribution in [3.8, 4) is 0 Å². The fourth-order valence-electron chi connectivity index (χ4n) is 1.84. The molecule has 1 saturated heterocycles. The number of hydrogen-bond acceptors (Lipinski definition) is 3. The van der Waals surface area contributed by atoms with Crippen molar-refractivity contribution in [1.82, 2.24) is 5.32 Å². The van der Waals surface area contributed by atoms with Crippen molar-refractivity contribution in [2.75, 3.05) is 19.0 Å². The van der Waals surface area contributed by atoms with Crippen LogP contribution in [0, 0.1) is 0 Å². The van der Waals surface area contributed by atoms with E-state index < -0.39 is 0 Å². The zero-order chi connectivity index (χ0) is 11.7. The van der Waals surface area contributed by atoms with Crippen molar-refractivity contribution < 1.29 is 9.59 Å². The van der Waals surface area contributed by atoms with Gasteiger partial charge in [-0.05, 0) is 17.7 Å². The maximum absolute atomic E-state index is 11.5. The van der Waals surface area contributed by atoms with Crippen LogP contribution in [0.15, 0.2) is 24.3 Å². The van der Waals surface area contributed by atoms with Gasteiger partial charge in [0.1, 0.15) is 0 Å². The number of nitrogens with one attached hydrogen (secondary N) is 1. The molecule has 1 atom stereocenters. The van der Waals surface area contributed by atoms with Crippen LogP contribution in [-0.2, 0) is 9.59 Å². The largest absolute Gasteiger partial charge is 0.378 e. The van der Waals surface area contributed by atoms with Crippen molar-refractivity contribution in [1.29, 1.82) is 0 Å². The van der Waals surface area contributed by atoms with Gasteiger partial charge in [-0.15, -0.1) is 0 Å². The standard InChI is InChI=1S/C12H14N2O2/c1-14(2)9-5-3-4-8(6-9)10-7-11(15)13-12(10)16/h3-6,10H,7H2,1-2H3,(H,13,15,16). The number of nitrogens with zero attached hydrogens (tertiary/aromatic N) is 1. The van der Waals surface area contributed by atoms with E-state index in [-0.39, 0.29) is 24.2 Å². The first-order valence-corrected chi connectivity index (χ1v) is 5.19. The van der Waals surface area contributed by atoms with Gasteiger partial charge in [-0.1, -0.05) is 12.1 Å². The summed E-state index contributed by atoms with van der Waals surface area (Å²) in [5.74, 6) is -0.710. The molecule has 16 heavy (non-hydrogen) atoms. The first-order valence-electron chi connectivity index (χ1n) is 5.19. The summed E-state index contributed by atoms with van der Waals surface area (Å²) in [6.45, 7) is 0. The van der Waals surface area contributed by atoms with Gasteiger partial charge >= 0.3 is 0 Å². The molecule has 4 heteroatoms. The van der Waals surface area contributed by atoms with Crippen LogP contribution in [0.5, 0.6) is 0 Å². The van der Waals surface area contributed by atoms with Crippen LogP contribution >= 0.6 is 0 Å². The molecule has 1 aromatic rings. The number of anilines is 1. The molecule has 0 aromatic heterocycles. The lowest BCUT2D eigenvalue weighted by atomic mass is 9.97. The number of carbonyl (C=O) groups is 2.